The molecule has 5 nitrogen and oxygen atoms in total. The molecule has 0 aromatic heterocycles. The topological polar surface area (TPSA) is 66.5 Å². The van der Waals surface area contributed by atoms with Gasteiger partial charge in [-0.25, -0.2) is 12.8 Å². The van der Waals surface area contributed by atoms with E-state index in [-0.39, 0.29) is 24.3 Å². The van der Waals surface area contributed by atoms with E-state index in [1.807, 2.05) is 30.3 Å². The first-order valence-corrected chi connectivity index (χ1v) is 12.7. The Bertz CT molecular complexity index is 1160. The summed E-state index contributed by atoms with van der Waals surface area (Å²) in [6.45, 7) is 4.28. The fourth-order valence-corrected chi connectivity index (χ4v) is 4.50. The zero-order valence-electron chi connectivity index (χ0n) is 19.0. The fraction of sp³-hybridized carbons (Fsp3) is 0.269. The molecule has 3 aromatic rings. The number of hydrogen-bond donors (Lipinski definition) is 1. The highest BCUT2D eigenvalue weighted by Gasteiger charge is 2.20. The van der Waals surface area contributed by atoms with Crippen LogP contribution >= 0.6 is 0 Å². The molecule has 0 spiro atoms. The first-order valence-electron chi connectivity index (χ1n) is 10.8. The van der Waals surface area contributed by atoms with Gasteiger partial charge in [0.15, 0.2) is 0 Å². The smallest absolute Gasteiger partial charge is 0.251 e. The Labute approximate surface area is 195 Å². The molecule has 3 rings (SSSR count). The molecule has 0 fully saturated rings. The molecule has 3 aromatic carbocycles. The summed E-state index contributed by atoms with van der Waals surface area (Å²) in [4.78, 5) is 12.9. The minimum absolute atomic E-state index is 0.0646. The van der Waals surface area contributed by atoms with Crippen molar-refractivity contribution in [2.45, 2.75) is 32.9 Å². The molecule has 0 radical (unpaired) electrons. The number of amides is 1. The molecule has 0 aliphatic heterocycles. The highest BCUT2D eigenvalue weighted by Crippen LogP contribution is 2.24. The first-order chi connectivity index (χ1) is 15.6. The second-order valence-electron chi connectivity index (χ2n) is 8.51. The Kier molecular flexibility index (Phi) is 7.87. The standard InChI is InChI=1S/C26H29FN2O3S/c1-19(2)17-25(21-7-5-4-6-8-21)28-26(30)22-11-15-24(16-12-22)29(33(3,31)32)18-20-9-13-23(27)14-10-20/h4-16,19,25H,17-18H2,1-3H3,(H,28,30)/t25-/m1/s1. The highest BCUT2D eigenvalue weighted by atomic mass is 32.2. The van der Waals surface area contributed by atoms with E-state index in [4.69, 9.17) is 0 Å². The third kappa shape index (κ3) is 6.89. The number of hydrogen-bond acceptors (Lipinski definition) is 3. The van der Waals surface area contributed by atoms with Crippen molar-refractivity contribution in [3.63, 3.8) is 0 Å². The largest absolute Gasteiger partial charge is 0.345 e. The molecule has 0 unspecified atom stereocenters. The summed E-state index contributed by atoms with van der Waals surface area (Å²) in [5.74, 6) is -0.209. The van der Waals surface area contributed by atoms with E-state index in [1.54, 1.807) is 36.4 Å². The molecule has 0 aliphatic rings. The van der Waals surface area contributed by atoms with Gasteiger partial charge in [-0.05, 0) is 59.9 Å². The first kappa shape index (κ1) is 24.5. The Morgan fingerprint density at radius 3 is 2.09 bits per heavy atom. The van der Waals surface area contributed by atoms with Crippen LogP contribution in [-0.4, -0.2) is 20.6 Å². The molecule has 0 heterocycles. The van der Waals surface area contributed by atoms with Gasteiger partial charge in [-0.1, -0.05) is 56.3 Å². The van der Waals surface area contributed by atoms with Crippen molar-refractivity contribution < 1.29 is 17.6 Å². The molecular formula is C26H29FN2O3S. The summed E-state index contributed by atoms with van der Waals surface area (Å²) < 4.78 is 39.2. The lowest BCUT2D eigenvalue weighted by Gasteiger charge is -2.23. The SMILES string of the molecule is CC(C)C[C@@H](NC(=O)c1ccc(N(Cc2ccc(F)cc2)S(C)(=O)=O)cc1)c1ccccc1. The van der Waals surface area contributed by atoms with Crippen LogP contribution in [0, 0.1) is 11.7 Å². The van der Waals surface area contributed by atoms with Crippen LogP contribution in [0.4, 0.5) is 10.1 Å². The number of carbonyl (C=O) groups is 1. The number of carbonyl (C=O) groups excluding carboxylic acids is 1. The summed E-state index contributed by atoms with van der Waals surface area (Å²) >= 11 is 0. The van der Waals surface area contributed by atoms with E-state index in [2.05, 4.69) is 19.2 Å². The predicted octanol–water partition coefficient (Wildman–Crippen LogP) is 5.31. The average Bonchev–Trinajstić information content (AvgIpc) is 2.78. The van der Waals surface area contributed by atoms with Gasteiger partial charge in [-0.15, -0.1) is 0 Å². The molecule has 0 aliphatic carbocycles. The molecule has 7 heteroatoms. The van der Waals surface area contributed by atoms with Crippen LogP contribution in [0.3, 0.4) is 0 Å². The molecule has 174 valence electrons. The quantitative estimate of drug-likeness (QED) is 0.463. The van der Waals surface area contributed by atoms with Gasteiger partial charge in [0, 0.05) is 5.56 Å². The predicted molar refractivity (Wildman–Crippen MR) is 130 cm³/mol. The Balaban J connectivity index is 1.79. The minimum Gasteiger partial charge on any atom is -0.345 e. The number of nitrogens with one attached hydrogen (secondary N) is 1. The van der Waals surface area contributed by atoms with Crippen LogP contribution in [0.2, 0.25) is 0 Å². The van der Waals surface area contributed by atoms with Gasteiger partial charge in [-0.2, -0.15) is 0 Å². The number of halogens is 1. The summed E-state index contributed by atoms with van der Waals surface area (Å²) in [6, 6.07) is 21.9. The van der Waals surface area contributed by atoms with Crippen molar-refractivity contribution in [2.24, 2.45) is 5.92 Å². The third-order valence-electron chi connectivity index (χ3n) is 5.27. The van der Waals surface area contributed by atoms with E-state index in [0.717, 1.165) is 18.2 Å². The molecule has 1 amide bonds. The van der Waals surface area contributed by atoms with E-state index in [1.165, 1.54) is 16.4 Å². The number of anilines is 1. The van der Waals surface area contributed by atoms with Gasteiger partial charge in [0.25, 0.3) is 5.91 Å². The number of nitrogens with zero attached hydrogens (tertiary/aromatic N) is 1. The minimum atomic E-state index is -3.59. The second-order valence-corrected chi connectivity index (χ2v) is 10.4. The van der Waals surface area contributed by atoms with E-state index < -0.39 is 10.0 Å². The van der Waals surface area contributed by atoms with Gasteiger partial charge < -0.3 is 5.32 Å². The van der Waals surface area contributed by atoms with Crippen molar-refractivity contribution in [1.29, 1.82) is 0 Å². The van der Waals surface area contributed by atoms with Gasteiger partial charge in [0.05, 0.1) is 24.5 Å². The summed E-state index contributed by atoms with van der Waals surface area (Å²) in [5.41, 5.74) is 2.57. The van der Waals surface area contributed by atoms with Gasteiger partial charge in [0.2, 0.25) is 10.0 Å². The Hall–Kier alpha value is -3.19. The summed E-state index contributed by atoms with van der Waals surface area (Å²) in [7, 11) is -3.59. The van der Waals surface area contributed by atoms with Crippen LogP contribution in [0.1, 0.15) is 47.8 Å². The monoisotopic (exact) mass is 468 g/mol. The molecule has 0 bridgehead atoms. The average molecular weight is 469 g/mol. The number of rotatable bonds is 9. The maximum atomic E-state index is 13.2. The lowest BCUT2D eigenvalue weighted by atomic mass is 9.96. The zero-order chi connectivity index (χ0) is 24.0. The number of sulfonamides is 1. The lowest BCUT2D eigenvalue weighted by molar-refractivity contribution is 0.0932. The van der Waals surface area contributed by atoms with Crippen LogP contribution < -0.4 is 9.62 Å². The highest BCUT2D eigenvalue weighted by molar-refractivity contribution is 7.92. The van der Waals surface area contributed by atoms with Crippen LogP contribution in [0.5, 0.6) is 0 Å². The Morgan fingerprint density at radius 1 is 0.939 bits per heavy atom. The molecule has 0 saturated carbocycles. The lowest BCUT2D eigenvalue weighted by Crippen LogP contribution is -2.30. The van der Waals surface area contributed by atoms with Crippen molar-refractivity contribution in [3.05, 3.63) is 101 Å². The van der Waals surface area contributed by atoms with Crippen molar-refractivity contribution >= 4 is 21.6 Å². The summed E-state index contributed by atoms with van der Waals surface area (Å²) in [5, 5.41) is 3.10. The molecule has 1 atom stereocenters. The molecule has 33 heavy (non-hydrogen) atoms. The van der Waals surface area contributed by atoms with E-state index >= 15 is 0 Å². The zero-order valence-corrected chi connectivity index (χ0v) is 19.8. The fourth-order valence-electron chi connectivity index (χ4n) is 3.61. The molecule has 0 saturated heterocycles. The molecular weight excluding hydrogens is 439 g/mol. The van der Waals surface area contributed by atoms with Crippen LogP contribution in [-0.2, 0) is 16.6 Å². The van der Waals surface area contributed by atoms with Crippen LogP contribution in [0.15, 0.2) is 78.9 Å². The summed E-state index contributed by atoms with van der Waals surface area (Å²) in [6.07, 6.45) is 1.92. The second kappa shape index (κ2) is 10.6. The van der Waals surface area contributed by atoms with Gasteiger partial charge in [0.1, 0.15) is 5.82 Å². The van der Waals surface area contributed by atoms with Crippen LogP contribution in [0.25, 0.3) is 0 Å². The third-order valence-corrected chi connectivity index (χ3v) is 6.41. The van der Waals surface area contributed by atoms with Crippen molar-refractivity contribution in [2.75, 3.05) is 10.6 Å². The maximum Gasteiger partial charge on any atom is 0.251 e. The maximum absolute atomic E-state index is 13.2. The number of benzene rings is 3. The Morgan fingerprint density at radius 2 is 1.55 bits per heavy atom. The van der Waals surface area contributed by atoms with E-state index in [0.29, 0.717) is 22.7 Å². The van der Waals surface area contributed by atoms with E-state index in [9.17, 15) is 17.6 Å². The van der Waals surface area contributed by atoms with Crippen molar-refractivity contribution in [3.8, 4) is 0 Å². The van der Waals surface area contributed by atoms with Crippen molar-refractivity contribution in [1.82, 2.24) is 5.32 Å². The van der Waals surface area contributed by atoms with Gasteiger partial charge >= 0.3 is 0 Å². The normalized spacial score (nSPS) is 12.4. The van der Waals surface area contributed by atoms with Gasteiger partial charge in [-0.3, -0.25) is 9.10 Å². The molecule has 1 N–H and O–H groups in total.